The van der Waals surface area contributed by atoms with Gasteiger partial charge in [-0.25, -0.2) is 8.78 Å². The summed E-state index contributed by atoms with van der Waals surface area (Å²) >= 11 is 1.39. The van der Waals surface area contributed by atoms with Crippen LogP contribution in [-0.2, 0) is 4.79 Å². The number of carbonyl (C=O) groups excluding carboxylic acids is 2. The zero-order valence-electron chi connectivity index (χ0n) is 14.4. The number of carbonyl (C=O) groups is 2. The lowest BCUT2D eigenvalue weighted by Crippen LogP contribution is -2.45. The van der Waals surface area contributed by atoms with E-state index in [0.29, 0.717) is 30.0 Å². The number of hydrogen-bond acceptors (Lipinski definition) is 3. The van der Waals surface area contributed by atoms with Crippen molar-refractivity contribution in [3.63, 3.8) is 0 Å². The van der Waals surface area contributed by atoms with Gasteiger partial charge in [0.1, 0.15) is 0 Å². The summed E-state index contributed by atoms with van der Waals surface area (Å²) in [6.45, 7) is 2.73. The highest BCUT2D eigenvalue weighted by Crippen LogP contribution is 2.22. The maximum atomic E-state index is 13.4. The van der Waals surface area contributed by atoms with Gasteiger partial charge in [-0.05, 0) is 48.9 Å². The van der Waals surface area contributed by atoms with Crippen LogP contribution < -0.4 is 5.32 Å². The molecule has 2 aromatic rings. The number of benzene rings is 1. The van der Waals surface area contributed by atoms with Crippen molar-refractivity contribution in [2.24, 2.45) is 5.92 Å². The SMILES string of the molecule is C[C@@H](NC(=O)[C@H]1CCCN(C(=O)c2cccs2)C1)c1ccc(F)c(F)c1. The Bertz CT molecular complexity index is 795. The fourth-order valence-corrected chi connectivity index (χ4v) is 3.82. The molecule has 138 valence electrons. The van der Waals surface area contributed by atoms with Gasteiger partial charge in [0.05, 0.1) is 16.8 Å². The minimum Gasteiger partial charge on any atom is -0.349 e. The molecule has 1 saturated heterocycles. The molecule has 1 aromatic heterocycles. The highest BCUT2D eigenvalue weighted by molar-refractivity contribution is 7.12. The summed E-state index contributed by atoms with van der Waals surface area (Å²) in [7, 11) is 0. The van der Waals surface area contributed by atoms with Crippen molar-refractivity contribution >= 4 is 23.2 Å². The molecule has 0 bridgehead atoms. The monoisotopic (exact) mass is 378 g/mol. The Morgan fingerprint density at radius 1 is 1.27 bits per heavy atom. The molecule has 0 unspecified atom stereocenters. The lowest BCUT2D eigenvalue weighted by Gasteiger charge is -2.32. The number of amides is 2. The Morgan fingerprint density at radius 3 is 2.77 bits per heavy atom. The molecule has 1 fully saturated rings. The predicted molar refractivity (Wildman–Crippen MR) is 95.9 cm³/mol. The maximum absolute atomic E-state index is 13.4. The number of likely N-dealkylation sites (tertiary alicyclic amines) is 1. The van der Waals surface area contributed by atoms with Crippen molar-refractivity contribution in [3.05, 3.63) is 57.8 Å². The minimum absolute atomic E-state index is 0.0499. The molecule has 2 atom stereocenters. The molecule has 2 heterocycles. The molecular formula is C19H20F2N2O2S. The molecule has 1 aliphatic rings. The Kier molecular flexibility index (Phi) is 5.66. The summed E-state index contributed by atoms with van der Waals surface area (Å²) in [6.07, 6.45) is 1.46. The summed E-state index contributed by atoms with van der Waals surface area (Å²) in [5.74, 6) is -2.38. The second-order valence-corrected chi connectivity index (χ2v) is 7.42. The van der Waals surface area contributed by atoms with E-state index in [1.54, 1.807) is 17.9 Å². The third-order valence-corrected chi connectivity index (χ3v) is 5.47. The van der Waals surface area contributed by atoms with Gasteiger partial charge in [0.25, 0.3) is 5.91 Å². The van der Waals surface area contributed by atoms with Crippen molar-refractivity contribution in [2.45, 2.75) is 25.8 Å². The zero-order valence-corrected chi connectivity index (χ0v) is 15.2. The number of thiophene rings is 1. The molecule has 0 radical (unpaired) electrons. The van der Waals surface area contributed by atoms with Crippen LogP contribution in [0.5, 0.6) is 0 Å². The van der Waals surface area contributed by atoms with Crippen molar-refractivity contribution < 1.29 is 18.4 Å². The number of halogens is 2. The van der Waals surface area contributed by atoms with E-state index in [0.717, 1.165) is 18.6 Å². The fraction of sp³-hybridized carbons (Fsp3) is 0.368. The van der Waals surface area contributed by atoms with E-state index in [2.05, 4.69) is 5.32 Å². The van der Waals surface area contributed by atoms with Gasteiger partial charge in [-0.2, -0.15) is 0 Å². The summed E-state index contributed by atoms with van der Waals surface area (Å²) < 4.78 is 26.4. The van der Waals surface area contributed by atoms with E-state index >= 15 is 0 Å². The predicted octanol–water partition coefficient (Wildman–Crippen LogP) is 3.76. The van der Waals surface area contributed by atoms with E-state index < -0.39 is 17.7 Å². The first-order valence-electron chi connectivity index (χ1n) is 8.54. The number of piperidine rings is 1. The van der Waals surface area contributed by atoms with E-state index in [-0.39, 0.29) is 17.7 Å². The molecule has 7 heteroatoms. The normalized spacial score (nSPS) is 18.4. The van der Waals surface area contributed by atoms with Crippen LogP contribution in [0, 0.1) is 17.6 Å². The standard InChI is InChI=1S/C19H20F2N2O2S/c1-12(13-6-7-15(20)16(21)10-13)22-18(24)14-4-2-8-23(11-14)19(25)17-5-3-9-26-17/h3,5-7,9-10,12,14H,2,4,8,11H2,1H3,(H,22,24)/t12-,14+/m1/s1. The second-order valence-electron chi connectivity index (χ2n) is 6.47. The third kappa shape index (κ3) is 4.09. The van der Waals surface area contributed by atoms with Gasteiger partial charge < -0.3 is 10.2 Å². The number of nitrogens with zero attached hydrogens (tertiary/aromatic N) is 1. The molecular weight excluding hydrogens is 358 g/mol. The van der Waals surface area contributed by atoms with Crippen LogP contribution in [-0.4, -0.2) is 29.8 Å². The lowest BCUT2D eigenvalue weighted by atomic mass is 9.96. The summed E-state index contributed by atoms with van der Waals surface area (Å²) in [5, 5.41) is 4.70. The fourth-order valence-electron chi connectivity index (χ4n) is 3.13. The van der Waals surface area contributed by atoms with Crippen molar-refractivity contribution in [1.29, 1.82) is 0 Å². The van der Waals surface area contributed by atoms with Crippen molar-refractivity contribution in [2.75, 3.05) is 13.1 Å². The minimum atomic E-state index is -0.936. The number of nitrogens with one attached hydrogen (secondary N) is 1. The van der Waals surface area contributed by atoms with E-state index in [9.17, 15) is 18.4 Å². The van der Waals surface area contributed by atoms with E-state index in [1.165, 1.54) is 17.4 Å². The molecule has 1 aromatic carbocycles. The molecule has 0 saturated carbocycles. The quantitative estimate of drug-likeness (QED) is 0.881. The molecule has 1 aliphatic heterocycles. The van der Waals surface area contributed by atoms with Crippen LogP contribution in [0.3, 0.4) is 0 Å². The summed E-state index contributed by atoms with van der Waals surface area (Å²) in [5.41, 5.74) is 0.500. The van der Waals surface area contributed by atoms with Crippen LogP contribution in [0.25, 0.3) is 0 Å². The molecule has 0 spiro atoms. The topological polar surface area (TPSA) is 49.4 Å². The highest BCUT2D eigenvalue weighted by Gasteiger charge is 2.30. The molecule has 4 nitrogen and oxygen atoms in total. The van der Waals surface area contributed by atoms with Gasteiger partial charge in [0.2, 0.25) is 5.91 Å². The van der Waals surface area contributed by atoms with Gasteiger partial charge in [-0.1, -0.05) is 12.1 Å². The molecule has 2 amide bonds. The van der Waals surface area contributed by atoms with Crippen LogP contribution in [0.15, 0.2) is 35.7 Å². The van der Waals surface area contributed by atoms with E-state index in [4.69, 9.17) is 0 Å². The molecule has 1 N–H and O–H groups in total. The molecule has 3 rings (SSSR count). The van der Waals surface area contributed by atoms with Gasteiger partial charge in [0, 0.05) is 13.1 Å². The van der Waals surface area contributed by atoms with Crippen molar-refractivity contribution in [3.8, 4) is 0 Å². The van der Waals surface area contributed by atoms with Gasteiger partial charge in [0.15, 0.2) is 11.6 Å². The Balaban J connectivity index is 1.62. The van der Waals surface area contributed by atoms with Gasteiger partial charge >= 0.3 is 0 Å². The first kappa shape index (κ1) is 18.5. The smallest absolute Gasteiger partial charge is 0.263 e. The van der Waals surface area contributed by atoms with Crippen molar-refractivity contribution in [1.82, 2.24) is 10.2 Å². The third-order valence-electron chi connectivity index (χ3n) is 4.61. The Hall–Kier alpha value is -2.28. The lowest BCUT2D eigenvalue weighted by molar-refractivity contribution is -0.127. The average Bonchev–Trinajstić information content (AvgIpc) is 3.18. The van der Waals surface area contributed by atoms with Crippen LogP contribution in [0.4, 0.5) is 8.78 Å². The largest absolute Gasteiger partial charge is 0.349 e. The molecule has 0 aliphatic carbocycles. The first-order chi connectivity index (χ1) is 12.5. The summed E-state index contributed by atoms with van der Waals surface area (Å²) in [6, 6.07) is 6.76. The first-order valence-corrected chi connectivity index (χ1v) is 9.42. The van der Waals surface area contributed by atoms with Gasteiger partial charge in [-0.15, -0.1) is 11.3 Å². The van der Waals surface area contributed by atoms with Crippen LogP contribution >= 0.6 is 11.3 Å². The highest BCUT2D eigenvalue weighted by atomic mass is 32.1. The number of rotatable bonds is 4. The molecule has 26 heavy (non-hydrogen) atoms. The Labute approximate surface area is 154 Å². The number of hydrogen-bond donors (Lipinski definition) is 1. The maximum Gasteiger partial charge on any atom is 0.263 e. The zero-order chi connectivity index (χ0) is 18.7. The Morgan fingerprint density at radius 2 is 2.08 bits per heavy atom. The van der Waals surface area contributed by atoms with Gasteiger partial charge in [-0.3, -0.25) is 9.59 Å². The summed E-state index contributed by atoms with van der Waals surface area (Å²) in [4.78, 5) is 27.4. The second kappa shape index (κ2) is 7.95. The van der Waals surface area contributed by atoms with E-state index in [1.807, 2.05) is 11.4 Å². The van der Waals surface area contributed by atoms with Crippen LogP contribution in [0.2, 0.25) is 0 Å². The average molecular weight is 378 g/mol. The van der Waals surface area contributed by atoms with Crippen LogP contribution in [0.1, 0.15) is 41.0 Å².